The van der Waals surface area contributed by atoms with E-state index >= 15 is 0 Å². The van der Waals surface area contributed by atoms with Gasteiger partial charge in [-0.3, -0.25) is 18.9 Å². The van der Waals surface area contributed by atoms with Gasteiger partial charge < -0.3 is 34.8 Å². The van der Waals surface area contributed by atoms with E-state index in [1.54, 1.807) is 27.7 Å². The molecule has 0 spiro atoms. The lowest BCUT2D eigenvalue weighted by Gasteiger charge is -2.31. The second-order valence-electron chi connectivity index (χ2n) is 15.5. The Kier molecular flexibility index (Phi) is 18.3. The molecule has 302 valence electrons. The molecule has 0 heterocycles. The van der Waals surface area contributed by atoms with Crippen molar-refractivity contribution in [1.29, 1.82) is 0 Å². The predicted octanol–water partition coefficient (Wildman–Crippen LogP) is 8.44. The number of benzene rings is 2. The zero-order chi connectivity index (χ0) is 40.9. The van der Waals surface area contributed by atoms with Gasteiger partial charge in [-0.2, -0.15) is 0 Å². The Labute approximate surface area is 321 Å². The molecule has 0 aliphatic rings. The third-order valence-electron chi connectivity index (χ3n) is 8.77. The van der Waals surface area contributed by atoms with Crippen LogP contribution in [0.4, 0.5) is 21.9 Å². The molecule has 0 aromatic heterocycles. The summed E-state index contributed by atoms with van der Waals surface area (Å²) < 4.78 is 27.1. The van der Waals surface area contributed by atoms with Crippen molar-refractivity contribution in [2.45, 2.75) is 114 Å². The molecule has 54 heavy (non-hydrogen) atoms. The minimum absolute atomic E-state index is 0.0311. The molecule has 0 saturated carbocycles. The standard InChI is InChI=1S/C40H62N3O10P/c1-12-30(20-37(45)51-39(27(8)9)52-38(46)33(26(6)7)21-36(44)29(11)53-54(48,49)50)31-15-18-35(43(22-24(2)3)23-25(4)5)34(19-31)42-40(47)41-32-16-13-28(10)14-17-32/h13-19,24-27,29-30,33,39H,12,20-23H2,1-11H3,(H2,41,42,47)(H2,48,49,50)/t29-,30-,33-,39+/m0/s1. The smallest absolute Gasteiger partial charge is 0.425 e. The molecule has 2 rings (SSSR count). The van der Waals surface area contributed by atoms with Gasteiger partial charge in [-0.15, -0.1) is 0 Å². The summed E-state index contributed by atoms with van der Waals surface area (Å²) in [4.78, 5) is 73.1. The molecule has 2 aromatic carbocycles. The lowest BCUT2D eigenvalue weighted by Crippen LogP contribution is -2.35. The number of carbonyl (C=O) groups is 4. The fourth-order valence-corrected chi connectivity index (χ4v) is 6.40. The number of rotatable bonds is 21. The van der Waals surface area contributed by atoms with E-state index in [9.17, 15) is 23.7 Å². The Balaban J connectivity index is 2.32. The fraction of sp³-hybridized carbons (Fsp3) is 0.600. The van der Waals surface area contributed by atoms with Crippen LogP contribution in [0, 0.1) is 36.5 Å². The first-order chi connectivity index (χ1) is 25.1. The summed E-state index contributed by atoms with van der Waals surface area (Å²) >= 11 is 0. The van der Waals surface area contributed by atoms with Crippen LogP contribution in [0.2, 0.25) is 0 Å². The lowest BCUT2D eigenvalue weighted by molar-refractivity contribution is -0.200. The Morgan fingerprint density at radius 2 is 1.39 bits per heavy atom. The number of ketones is 1. The number of phosphoric ester groups is 1. The van der Waals surface area contributed by atoms with E-state index in [1.807, 2.05) is 56.3 Å². The second-order valence-corrected chi connectivity index (χ2v) is 16.7. The van der Waals surface area contributed by atoms with Gasteiger partial charge in [0.05, 0.1) is 23.7 Å². The van der Waals surface area contributed by atoms with Crippen LogP contribution >= 0.6 is 7.82 Å². The van der Waals surface area contributed by atoms with E-state index in [0.717, 1.165) is 29.9 Å². The van der Waals surface area contributed by atoms with E-state index < -0.39 is 55.8 Å². The van der Waals surface area contributed by atoms with Crippen LogP contribution in [0.5, 0.6) is 0 Å². The third kappa shape index (κ3) is 15.9. The highest BCUT2D eigenvalue weighted by Gasteiger charge is 2.34. The molecule has 13 nitrogen and oxygen atoms in total. The van der Waals surface area contributed by atoms with Crippen molar-refractivity contribution < 1.29 is 47.5 Å². The van der Waals surface area contributed by atoms with Crippen molar-refractivity contribution in [3.8, 4) is 0 Å². The quantitative estimate of drug-likeness (QED) is 0.0543. The van der Waals surface area contributed by atoms with E-state index in [0.29, 0.717) is 29.6 Å². The summed E-state index contributed by atoms with van der Waals surface area (Å²) in [5, 5.41) is 5.96. The van der Waals surface area contributed by atoms with Crippen molar-refractivity contribution in [3.05, 3.63) is 53.6 Å². The number of carbonyl (C=O) groups excluding carboxylic acids is 4. The van der Waals surface area contributed by atoms with E-state index in [2.05, 4.69) is 47.8 Å². The first-order valence-corrected chi connectivity index (χ1v) is 20.3. The number of urea groups is 1. The molecule has 0 bridgehead atoms. The van der Waals surface area contributed by atoms with Crippen molar-refractivity contribution >= 4 is 48.6 Å². The first kappa shape index (κ1) is 46.4. The molecule has 0 aliphatic carbocycles. The summed E-state index contributed by atoms with van der Waals surface area (Å²) in [6, 6.07) is 13.0. The molecule has 14 heteroatoms. The summed E-state index contributed by atoms with van der Waals surface area (Å²) in [5.41, 5.74) is 4.02. The minimum Gasteiger partial charge on any atom is -0.425 e. The van der Waals surface area contributed by atoms with Crippen LogP contribution in [0.1, 0.15) is 106 Å². The molecule has 0 saturated heterocycles. The molecule has 4 N–H and O–H groups in total. The van der Waals surface area contributed by atoms with Crippen LogP contribution in [0.3, 0.4) is 0 Å². The summed E-state index contributed by atoms with van der Waals surface area (Å²) in [5.74, 6) is -3.39. The molecule has 4 atom stereocenters. The van der Waals surface area contributed by atoms with Gasteiger partial charge >= 0.3 is 25.8 Å². The molecule has 0 aliphatic heterocycles. The van der Waals surface area contributed by atoms with Gasteiger partial charge in [0, 0.05) is 31.1 Å². The van der Waals surface area contributed by atoms with Crippen LogP contribution in [0.15, 0.2) is 42.5 Å². The summed E-state index contributed by atoms with van der Waals surface area (Å²) in [6.45, 7) is 22.1. The van der Waals surface area contributed by atoms with E-state index in [1.165, 1.54) is 6.92 Å². The maximum Gasteiger partial charge on any atom is 0.470 e. The number of phosphoric acid groups is 1. The van der Waals surface area contributed by atoms with Crippen molar-refractivity contribution in [1.82, 2.24) is 0 Å². The minimum atomic E-state index is -4.91. The Morgan fingerprint density at radius 3 is 1.89 bits per heavy atom. The van der Waals surface area contributed by atoms with Crippen LogP contribution in [-0.4, -0.2) is 59.0 Å². The number of nitrogens with zero attached hydrogens (tertiary/aromatic N) is 1. The van der Waals surface area contributed by atoms with Gasteiger partial charge in [0.15, 0.2) is 5.78 Å². The number of amides is 2. The number of nitrogens with one attached hydrogen (secondary N) is 2. The monoisotopic (exact) mass is 775 g/mol. The number of aryl methyl sites for hydroxylation is 1. The molecule has 0 unspecified atom stereocenters. The highest BCUT2D eigenvalue weighted by Crippen LogP contribution is 2.38. The molecular weight excluding hydrogens is 713 g/mol. The Hall–Kier alpha value is -3.77. The summed E-state index contributed by atoms with van der Waals surface area (Å²) in [6.07, 6.45) is -2.52. The molecular formula is C40H62N3O10P. The van der Waals surface area contributed by atoms with E-state index in [4.69, 9.17) is 19.3 Å². The number of ether oxygens (including phenoxy) is 2. The molecule has 0 fully saturated rings. The van der Waals surface area contributed by atoms with Gasteiger partial charge in [-0.25, -0.2) is 9.36 Å². The zero-order valence-corrected chi connectivity index (χ0v) is 34.6. The number of Topliss-reactive ketones (excluding diaryl/α,β-unsaturated/α-hetero) is 1. The van der Waals surface area contributed by atoms with Crippen molar-refractivity contribution in [2.24, 2.45) is 29.6 Å². The predicted molar refractivity (Wildman–Crippen MR) is 211 cm³/mol. The van der Waals surface area contributed by atoms with Crippen LogP contribution < -0.4 is 15.5 Å². The normalized spacial score (nSPS) is 14.1. The van der Waals surface area contributed by atoms with Crippen molar-refractivity contribution in [2.75, 3.05) is 28.6 Å². The number of hydrogen-bond acceptors (Lipinski definition) is 9. The van der Waals surface area contributed by atoms with Gasteiger partial charge in [0.2, 0.25) is 6.29 Å². The van der Waals surface area contributed by atoms with Gasteiger partial charge in [0.25, 0.3) is 0 Å². The highest BCUT2D eigenvalue weighted by atomic mass is 31.2. The molecule has 2 aromatic rings. The first-order valence-electron chi connectivity index (χ1n) is 18.8. The number of esters is 2. The van der Waals surface area contributed by atoms with Gasteiger partial charge in [-0.1, -0.05) is 86.1 Å². The maximum atomic E-state index is 13.4. The van der Waals surface area contributed by atoms with Crippen LogP contribution in [-0.2, 0) is 32.9 Å². The van der Waals surface area contributed by atoms with Crippen LogP contribution in [0.25, 0.3) is 0 Å². The highest BCUT2D eigenvalue weighted by molar-refractivity contribution is 7.46. The van der Waals surface area contributed by atoms with E-state index in [-0.39, 0.29) is 24.7 Å². The Morgan fingerprint density at radius 1 is 0.796 bits per heavy atom. The third-order valence-corrected chi connectivity index (χ3v) is 9.36. The average molecular weight is 776 g/mol. The van der Waals surface area contributed by atoms with Gasteiger partial charge in [-0.05, 0) is 73.8 Å². The summed E-state index contributed by atoms with van der Waals surface area (Å²) in [7, 11) is -4.91. The topological polar surface area (TPSA) is 181 Å². The number of anilines is 3. The van der Waals surface area contributed by atoms with Crippen molar-refractivity contribution in [3.63, 3.8) is 0 Å². The lowest BCUT2D eigenvalue weighted by atomic mass is 9.89. The number of hydrogen-bond donors (Lipinski definition) is 4. The molecule has 0 radical (unpaired) electrons. The van der Waals surface area contributed by atoms with Gasteiger partial charge in [0.1, 0.15) is 6.10 Å². The Bertz CT molecular complexity index is 1580. The SMILES string of the molecule is CC[C@@H](CC(=O)O[C@H](OC(=O)[C@@H](CC(=O)[C@H](C)OP(=O)(O)O)C(C)C)C(C)C)c1ccc(N(CC(C)C)CC(C)C)c(NC(=O)Nc2ccc(C)cc2)c1. The molecule has 2 amide bonds. The maximum absolute atomic E-state index is 13.4. The second kappa shape index (κ2) is 21.4. The fourth-order valence-electron chi connectivity index (χ4n) is 5.87. The largest absolute Gasteiger partial charge is 0.470 e. The zero-order valence-electron chi connectivity index (χ0n) is 33.8. The average Bonchev–Trinajstić information content (AvgIpc) is 3.04.